The Morgan fingerprint density at radius 1 is 1.18 bits per heavy atom. The molecule has 0 saturated heterocycles. The molecule has 0 bridgehead atoms. The van der Waals surface area contributed by atoms with Crippen molar-refractivity contribution in [3.63, 3.8) is 0 Å². The van der Waals surface area contributed by atoms with Crippen LogP contribution in [0.25, 0.3) is 16.4 Å². The van der Waals surface area contributed by atoms with E-state index in [2.05, 4.69) is 66.5 Å². The van der Waals surface area contributed by atoms with E-state index in [1.165, 1.54) is 27.7 Å². The lowest BCUT2D eigenvalue weighted by molar-refractivity contribution is -0.509. The lowest BCUT2D eigenvalue weighted by atomic mass is 10.1. The van der Waals surface area contributed by atoms with Gasteiger partial charge in [0.05, 0.1) is 18.6 Å². The van der Waals surface area contributed by atoms with Crippen LogP contribution in [0.2, 0.25) is 0 Å². The Morgan fingerprint density at radius 2 is 2.00 bits per heavy atom. The molecule has 0 spiro atoms. The maximum atomic E-state index is 2.29. The largest absolute Gasteiger partial charge is 0.294 e. The molecular weight excluding hydrogens is 208 g/mol. The molecule has 3 aromatic rings. The van der Waals surface area contributed by atoms with Crippen LogP contribution in [0.1, 0.15) is 18.2 Å². The van der Waals surface area contributed by atoms with Crippen LogP contribution in [0, 0.1) is 6.92 Å². The zero-order valence-corrected chi connectivity index (χ0v) is 10.6. The van der Waals surface area contributed by atoms with Gasteiger partial charge in [-0.05, 0) is 30.0 Å². The first-order chi connectivity index (χ1) is 8.22. The average molecular weight is 225 g/mol. The number of aromatic nitrogens is 2. The molecule has 86 valence electrons. The van der Waals surface area contributed by atoms with Gasteiger partial charge in [-0.3, -0.25) is 0 Å². The predicted octanol–water partition coefficient (Wildman–Crippen LogP) is 2.79. The van der Waals surface area contributed by atoms with Gasteiger partial charge in [0.15, 0.2) is 0 Å². The molecule has 0 aliphatic heterocycles. The predicted molar refractivity (Wildman–Crippen MR) is 70.2 cm³/mol. The van der Waals surface area contributed by atoms with Gasteiger partial charge < -0.3 is 0 Å². The van der Waals surface area contributed by atoms with Gasteiger partial charge in [-0.2, -0.15) is 0 Å². The summed E-state index contributed by atoms with van der Waals surface area (Å²) >= 11 is 0. The number of rotatable bonds is 1. The van der Waals surface area contributed by atoms with E-state index in [4.69, 9.17) is 0 Å². The van der Waals surface area contributed by atoms with Gasteiger partial charge in [0.2, 0.25) is 0 Å². The van der Waals surface area contributed by atoms with Crippen molar-refractivity contribution in [1.29, 1.82) is 0 Å². The van der Waals surface area contributed by atoms with Crippen molar-refractivity contribution < 1.29 is 4.40 Å². The zero-order valence-electron chi connectivity index (χ0n) is 10.6. The first-order valence-electron chi connectivity index (χ1n) is 6.10. The molecule has 2 heteroatoms. The second kappa shape index (κ2) is 3.59. The van der Waals surface area contributed by atoms with Crippen LogP contribution in [0.3, 0.4) is 0 Å². The third-order valence-corrected chi connectivity index (χ3v) is 3.61. The fourth-order valence-corrected chi connectivity index (χ4v) is 2.63. The molecule has 0 aliphatic rings. The number of aryl methyl sites for hydroxylation is 3. The highest BCUT2D eigenvalue weighted by Crippen LogP contribution is 2.21. The standard InChI is InChI=1S/C15H17N2/c1-4-12-10-17-9-8-13-11(2)6-5-7-14(13)15(17)16(12)3/h5-10H,4H2,1-3H3/q+1. The van der Waals surface area contributed by atoms with E-state index in [1.54, 1.807) is 0 Å². The second-order valence-electron chi connectivity index (χ2n) is 4.62. The molecule has 0 radical (unpaired) electrons. The Labute approximate surface area is 101 Å². The molecule has 1 aromatic carbocycles. The molecular formula is C15H17N2+. The van der Waals surface area contributed by atoms with Crippen molar-refractivity contribution in [2.75, 3.05) is 0 Å². The van der Waals surface area contributed by atoms with Crippen molar-refractivity contribution in [2.45, 2.75) is 20.3 Å². The van der Waals surface area contributed by atoms with Crippen molar-refractivity contribution in [3.8, 4) is 0 Å². The molecule has 2 heterocycles. The van der Waals surface area contributed by atoms with E-state index < -0.39 is 0 Å². The topological polar surface area (TPSA) is 9.03 Å². The molecule has 17 heavy (non-hydrogen) atoms. The fraction of sp³-hybridized carbons (Fsp3) is 0.267. The molecule has 0 amide bonds. The number of imidazole rings is 1. The summed E-state index contributed by atoms with van der Waals surface area (Å²) in [7, 11) is 2.15. The SMILES string of the molecule is CCc1c[n+]2ccc3c(C)cccc3c2n1C. The Balaban J connectivity index is 2.55. The van der Waals surface area contributed by atoms with Crippen molar-refractivity contribution in [3.05, 3.63) is 47.9 Å². The van der Waals surface area contributed by atoms with E-state index in [0.717, 1.165) is 6.42 Å². The molecule has 0 N–H and O–H groups in total. The van der Waals surface area contributed by atoms with E-state index >= 15 is 0 Å². The van der Waals surface area contributed by atoms with Gasteiger partial charge in [-0.25, -0.2) is 8.97 Å². The van der Waals surface area contributed by atoms with Crippen LogP contribution in [-0.2, 0) is 13.5 Å². The van der Waals surface area contributed by atoms with Gasteiger partial charge in [0.1, 0.15) is 11.9 Å². The summed E-state index contributed by atoms with van der Waals surface area (Å²) in [5.41, 5.74) is 3.98. The quantitative estimate of drug-likeness (QED) is 0.563. The molecule has 0 aliphatic carbocycles. The maximum absolute atomic E-state index is 2.29. The number of fused-ring (bicyclic) bond motifs is 3. The van der Waals surface area contributed by atoms with Crippen LogP contribution >= 0.6 is 0 Å². The summed E-state index contributed by atoms with van der Waals surface area (Å²) in [6, 6.07) is 8.72. The first kappa shape index (κ1) is 10.3. The van der Waals surface area contributed by atoms with Gasteiger partial charge in [-0.1, -0.05) is 19.1 Å². The van der Waals surface area contributed by atoms with Crippen molar-refractivity contribution >= 4 is 16.4 Å². The zero-order chi connectivity index (χ0) is 12.0. The second-order valence-corrected chi connectivity index (χ2v) is 4.62. The lowest BCUT2D eigenvalue weighted by Gasteiger charge is -2.01. The highest BCUT2D eigenvalue weighted by atomic mass is 15.1. The summed E-state index contributed by atoms with van der Waals surface area (Å²) in [6.45, 7) is 4.37. The molecule has 3 rings (SSSR count). The van der Waals surface area contributed by atoms with Crippen LogP contribution in [0.4, 0.5) is 0 Å². The van der Waals surface area contributed by atoms with E-state index in [-0.39, 0.29) is 0 Å². The number of benzene rings is 1. The van der Waals surface area contributed by atoms with E-state index in [0.29, 0.717) is 0 Å². The number of hydrogen-bond donors (Lipinski definition) is 0. The Kier molecular flexibility index (Phi) is 2.18. The van der Waals surface area contributed by atoms with Crippen LogP contribution < -0.4 is 4.40 Å². The summed E-state index contributed by atoms with van der Waals surface area (Å²) in [6.07, 6.45) is 5.44. The highest BCUT2D eigenvalue weighted by Gasteiger charge is 2.16. The Hall–Kier alpha value is -1.83. The first-order valence-corrected chi connectivity index (χ1v) is 6.10. The van der Waals surface area contributed by atoms with Crippen molar-refractivity contribution in [2.24, 2.45) is 7.05 Å². The van der Waals surface area contributed by atoms with Gasteiger partial charge >= 0.3 is 0 Å². The minimum absolute atomic E-state index is 1.06. The van der Waals surface area contributed by atoms with Crippen LogP contribution in [0.5, 0.6) is 0 Å². The van der Waals surface area contributed by atoms with Gasteiger partial charge in [0, 0.05) is 6.42 Å². The fourth-order valence-electron chi connectivity index (χ4n) is 2.63. The molecule has 0 unspecified atom stereocenters. The maximum Gasteiger partial charge on any atom is 0.294 e. The molecule has 2 aromatic heterocycles. The van der Waals surface area contributed by atoms with E-state index in [1.807, 2.05) is 0 Å². The monoisotopic (exact) mass is 225 g/mol. The Morgan fingerprint density at radius 3 is 2.76 bits per heavy atom. The molecule has 0 atom stereocenters. The third kappa shape index (κ3) is 1.37. The normalized spacial score (nSPS) is 11.5. The van der Waals surface area contributed by atoms with Gasteiger partial charge in [0.25, 0.3) is 5.65 Å². The minimum atomic E-state index is 1.06. The number of pyridine rings is 1. The molecule has 2 nitrogen and oxygen atoms in total. The van der Waals surface area contributed by atoms with Crippen LogP contribution in [0.15, 0.2) is 36.7 Å². The summed E-state index contributed by atoms with van der Waals surface area (Å²) in [5, 5.41) is 2.67. The summed E-state index contributed by atoms with van der Waals surface area (Å²) < 4.78 is 4.52. The summed E-state index contributed by atoms with van der Waals surface area (Å²) in [4.78, 5) is 0. The average Bonchev–Trinajstić information content (AvgIpc) is 2.67. The number of hydrogen-bond acceptors (Lipinski definition) is 0. The molecule has 0 saturated carbocycles. The Bertz CT molecular complexity index is 708. The highest BCUT2D eigenvalue weighted by molar-refractivity contribution is 5.94. The van der Waals surface area contributed by atoms with Crippen LogP contribution in [-0.4, -0.2) is 4.57 Å². The lowest BCUT2D eigenvalue weighted by Crippen LogP contribution is -2.18. The third-order valence-electron chi connectivity index (χ3n) is 3.61. The van der Waals surface area contributed by atoms with E-state index in [9.17, 15) is 0 Å². The van der Waals surface area contributed by atoms with Gasteiger partial charge in [-0.15, -0.1) is 0 Å². The number of nitrogens with zero attached hydrogens (tertiary/aromatic N) is 2. The van der Waals surface area contributed by atoms with Crippen molar-refractivity contribution in [1.82, 2.24) is 4.57 Å². The summed E-state index contributed by atoms with van der Waals surface area (Å²) in [5.74, 6) is 0. The molecule has 0 fully saturated rings. The minimum Gasteiger partial charge on any atom is -0.230 e. The smallest absolute Gasteiger partial charge is 0.230 e.